The second kappa shape index (κ2) is 8.13. The molecule has 2 N–H and O–H groups in total. The largest absolute Gasteiger partial charge is 0.480 e. The van der Waals surface area contributed by atoms with Crippen molar-refractivity contribution >= 4 is 11.9 Å². The van der Waals surface area contributed by atoms with Crippen LogP contribution < -0.4 is 5.32 Å². The lowest BCUT2D eigenvalue weighted by atomic mass is 9.98. The molecule has 2 atom stereocenters. The molecule has 0 saturated heterocycles. The molecule has 1 amide bonds. The number of aliphatic carboxylic acids is 1. The van der Waals surface area contributed by atoms with E-state index in [1.807, 2.05) is 6.92 Å². The quantitative estimate of drug-likeness (QED) is 0.670. The molecule has 0 fully saturated rings. The molecular weight excluding hydrogens is 206 g/mol. The Kier molecular flexibility index (Phi) is 7.60. The fourth-order valence-electron chi connectivity index (χ4n) is 1.60. The number of carboxylic acid groups (broad SMARTS) is 1. The molecule has 0 saturated carbocycles. The molecule has 0 heterocycles. The second-order valence-electron chi connectivity index (χ2n) is 4.06. The van der Waals surface area contributed by atoms with E-state index in [1.165, 1.54) is 0 Å². The van der Waals surface area contributed by atoms with E-state index in [0.717, 1.165) is 25.7 Å². The molecule has 0 aromatic heterocycles. The summed E-state index contributed by atoms with van der Waals surface area (Å²) < 4.78 is 0. The third kappa shape index (κ3) is 5.14. The zero-order valence-corrected chi connectivity index (χ0v) is 10.5. The summed E-state index contributed by atoms with van der Waals surface area (Å²) in [6.45, 7) is 5.80. The van der Waals surface area contributed by atoms with Gasteiger partial charge < -0.3 is 10.4 Å². The van der Waals surface area contributed by atoms with Crippen molar-refractivity contribution in [2.45, 2.75) is 58.9 Å². The Balaban J connectivity index is 4.23. The van der Waals surface area contributed by atoms with Gasteiger partial charge in [0, 0.05) is 5.92 Å². The van der Waals surface area contributed by atoms with E-state index in [9.17, 15) is 9.59 Å². The summed E-state index contributed by atoms with van der Waals surface area (Å²) in [7, 11) is 0. The van der Waals surface area contributed by atoms with Crippen LogP contribution in [0.5, 0.6) is 0 Å². The first kappa shape index (κ1) is 14.9. The molecule has 0 bridgehead atoms. The predicted octanol–water partition coefficient (Wildman–Crippen LogP) is 2.18. The third-order valence-corrected chi connectivity index (χ3v) is 2.79. The fourth-order valence-corrected chi connectivity index (χ4v) is 1.60. The zero-order valence-electron chi connectivity index (χ0n) is 10.5. The average Bonchev–Trinajstić information content (AvgIpc) is 2.26. The van der Waals surface area contributed by atoms with E-state index in [-0.39, 0.29) is 11.8 Å². The number of hydrogen-bond acceptors (Lipinski definition) is 2. The summed E-state index contributed by atoms with van der Waals surface area (Å²) in [4.78, 5) is 22.6. The van der Waals surface area contributed by atoms with Crippen LogP contribution in [0.4, 0.5) is 0 Å². The normalized spacial score (nSPS) is 14.2. The highest BCUT2D eigenvalue weighted by Gasteiger charge is 2.22. The van der Waals surface area contributed by atoms with Crippen molar-refractivity contribution < 1.29 is 14.7 Å². The highest BCUT2D eigenvalue weighted by atomic mass is 16.4. The molecule has 4 nitrogen and oxygen atoms in total. The molecule has 0 aromatic carbocycles. The number of carbonyl (C=O) groups is 2. The minimum Gasteiger partial charge on any atom is -0.480 e. The van der Waals surface area contributed by atoms with Crippen LogP contribution in [0.1, 0.15) is 52.9 Å². The van der Waals surface area contributed by atoms with Crippen molar-refractivity contribution in [2.75, 3.05) is 0 Å². The van der Waals surface area contributed by atoms with Crippen LogP contribution in [-0.4, -0.2) is 23.0 Å². The number of rotatable bonds is 8. The van der Waals surface area contributed by atoms with Gasteiger partial charge in [-0.05, 0) is 19.3 Å². The van der Waals surface area contributed by atoms with Crippen molar-refractivity contribution in [2.24, 2.45) is 5.92 Å². The molecule has 16 heavy (non-hydrogen) atoms. The van der Waals surface area contributed by atoms with Gasteiger partial charge in [-0.1, -0.05) is 33.6 Å². The first-order valence-corrected chi connectivity index (χ1v) is 6.09. The first-order chi connectivity index (χ1) is 7.56. The van der Waals surface area contributed by atoms with Crippen LogP contribution >= 0.6 is 0 Å². The zero-order chi connectivity index (χ0) is 12.6. The van der Waals surface area contributed by atoms with Crippen molar-refractivity contribution in [3.8, 4) is 0 Å². The van der Waals surface area contributed by atoms with E-state index in [2.05, 4.69) is 12.2 Å². The monoisotopic (exact) mass is 229 g/mol. The van der Waals surface area contributed by atoms with Crippen LogP contribution in [0, 0.1) is 5.92 Å². The third-order valence-electron chi connectivity index (χ3n) is 2.79. The highest BCUT2D eigenvalue weighted by Crippen LogP contribution is 2.13. The lowest BCUT2D eigenvalue weighted by Gasteiger charge is -2.18. The minimum atomic E-state index is -0.957. The first-order valence-electron chi connectivity index (χ1n) is 6.09. The molecule has 0 aliphatic carbocycles. The number of amides is 1. The smallest absolute Gasteiger partial charge is 0.326 e. The summed E-state index contributed by atoms with van der Waals surface area (Å²) in [6, 6.07) is -0.747. The van der Waals surface area contributed by atoms with Gasteiger partial charge in [-0.2, -0.15) is 0 Å². The second-order valence-corrected chi connectivity index (χ2v) is 4.06. The topological polar surface area (TPSA) is 66.4 Å². The Hall–Kier alpha value is -1.06. The summed E-state index contributed by atoms with van der Waals surface area (Å²) in [5, 5.41) is 11.4. The molecule has 0 aliphatic heterocycles. The van der Waals surface area contributed by atoms with Crippen molar-refractivity contribution in [1.82, 2.24) is 5.32 Å². The summed E-state index contributed by atoms with van der Waals surface area (Å²) >= 11 is 0. The van der Waals surface area contributed by atoms with Crippen molar-refractivity contribution in [3.05, 3.63) is 0 Å². The number of nitrogens with one attached hydrogen (secondary N) is 1. The lowest BCUT2D eigenvalue weighted by Crippen LogP contribution is -2.43. The Morgan fingerprint density at radius 2 is 1.81 bits per heavy atom. The molecular formula is C12H23NO3. The SMILES string of the molecule is CCCC[C@@H](CC)C(=O)N[C@H](CC)C(=O)O. The minimum absolute atomic E-state index is 0.0478. The van der Waals surface area contributed by atoms with Gasteiger partial charge in [-0.3, -0.25) is 4.79 Å². The summed E-state index contributed by atoms with van der Waals surface area (Å²) in [5.74, 6) is -1.13. The fraction of sp³-hybridized carbons (Fsp3) is 0.833. The van der Waals surface area contributed by atoms with Crippen LogP contribution in [0.25, 0.3) is 0 Å². The molecule has 0 rings (SSSR count). The van der Waals surface area contributed by atoms with Gasteiger partial charge in [0.05, 0.1) is 0 Å². The van der Waals surface area contributed by atoms with Gasteiger partial charge in [0.25, 0.3) is 0 Å². The van der Waals surface area contributed by atoms with E-state index >= 15 is 0 Å². The number of unbranched alkanes of at least 4 members (excludes halogenated alkanes) is 1. The average molecular weight is 229 g/mol. The van der Waals surface area contributed by atoms with Crippen LogP contribution in [0.3, 0.4) is 0 Å². The molecule has 0 aliphatic rings. The van der Waals surface area contributed by atoms with Gasteiger partial charge in [-0.15, -0.1) is 0 Å². The van der Waals surface area contributed by atoms with E-state index < -0.39 is 12.0 Å². The van der Waals surface area contributed by atoms with E-state index in [4.69, 9.17) is 5.11 Å². The summed E-state index contributed by atoms with van der Waals surface area (Å²) in [6.07, 6.45) is 4.10. The molecule has 0 unspecified atom stereocenters. The van der Waals surface area contributed by atoms with Gasteiger partial charge in [0.15, 0.2) is 0 Å². The Bertz CT molecular complexity index is 228. The Morgan fingerprint density at radius 3 is 2.19 bits per heavy atom. The maximum absolute atomic E-state index is 11.8. The summed E-state index contributed by atoms with van der Waals surface area (Å²) in [5.41, 5.74) is 0. The van der Waals surface area contributed by atoms with Gasteiger partial charge in [0.1, 0.15) is 6.04 Å². The van der Waals surface area contributed by atoms with Crippen LogP contribution in [0.15, 0.2) is 0 Å². The van der Waals surface area contributed by atoms with Crippen molar-refractivity contribution in [3.63, 3.8) is 0 Å². The number of carbonyl (C=O) groups excluding carboxylic acids is 1. The Labute approximate surface area is 97.4 Å². The molecule has 4 heteroatoms. The standard InChI is InChI=1S/C12H23NO3/c1-4-7-8-9(5-2)11(14)13-10(6-3)12(15)16/h9-10H,4-8H2,1-3H3,(H,13,14)(H,15,16)/t9-,10-/m1/s1. The van der Waals surface area contributed by atoms with E-state index in [1.54, 1.807) is 6.92 Å². The van der Waals surface area contributed by atoms with Crippen LogP contribution in [0.2, 0.25) is 0 Å². The molecule has 0 spiro atoms. The highest BCUT2D eigenvalue weighted by molar-refractivity contribution is 5.84. The predicted molar refractivity (Wildman–Crippen MR) is 63.2 cm³/mol. The molecule has 0 aromatic rings. The number of carboxylic acids is 1. The van der Waals surface area contributed by atoms with Gasteiger partial charge in [-0.25, -0.2) is 4.79 Å². The Morgan fingerprint density at radius 1 is 1.19 bits per heavy atom. The maximum Gasteiger partial charge on any atom is 0.326 e. The molecule has 94 valence electrons. The van der Waals surface area contributed by atoms with Crippen LogP contribution in [-0.2, 0) is 9.59 Å². The maximum atomic E-state index is 11.8. The van der Waals surface area contributed by atoms with Gasteiger partial charge >= 0.3 is 5.97 Å². The number of hydrogen-bond donors (Lipinski definition) is 2. The van der Waals surface area contributed by atoms with Gasteiger partial charge in [0.2, 0.25) is 5.91 Å². The lowest BCUT2D eigenvalue weighted by molar-refractivity contribution is -0.142. The molecule has 0 radical (unpaired) electrons. The van der Waals surface area contributed by atoms with E-state index in [0.29, 0.717) is 6.42 Å². The van der Waals surface area contributed by atoms with Crippen molar-refractivity contribution in [1.29, 1.82) is 0 Å².